The normalized spacial score (nSPS) is 18.4. The van der Waals surface area contributed by atoms with Crippen molar-refractivity contribution >= 4 is 17.3 Å². The molecule has 0 radical (unpaired) electrons. The van der Waals surface area contributed by atoms with Gasteiger partial charge in [0.2, 0.25) is 0 Å². The quantitative estimate of drug-likeness (QED) is 0.516. The average molecular weight is 448 g/mol. The zero-order chi connectivity index (χ0) is 22.7. The summed E-state index contributed by atoms with van der Waals surface area (Å²) in [7, 11) is 4.23. The molecule has 0 unspecified atom stereocenters. The van der Waals surface area contributed by atoms with Gasteiger partial charge in [0.25, 0.3) is 0 Å². The van der Waals surface area contributed by atoms with E-state index in [4.69, 9.17) is 12.2 Å². The molecule has 168 valence electrons. The van der Waals surface area contributed by atoms with E-state index < -0.39 is 0 Å². The molecule has 1 fully saturated rings. The van der Waals surface area contributed by atoms with Crippen LogP contribution in [0.15, 0.2) is 60.8 Å². The molecule has 1 aliphatic heterocycles. The maximum absolute atomic E-state index is 5.83. The molecule has 2 aromatic heterocycles. The van der Waals surface area contributed by atoms with Crippen molar-refractivity contribution in [3.05, 3.63) is 89.0 Å². The minimum Gasteiger partial charge on any atom is -0.352 e. The molecule has 32 heavy (non-hydrogen) atoms. The number of hydrogen-bond donors (Lipinski definition) is 1. The zero-order valence-electron chi connectivity index (χ0n) is 19.5. The van der Waals surface area contributed by atoms with Crippen LogP contribution in [0.4, 0.5) is 0 Å². The molecule has 5 nitrogen and oxygen atoms in total. The molecular weight excluding hydrogens is 414 g/mol. The van der Waals surface area contributed by atoms with Crippen molar-refractivity contribution in [1.29, 1.82) is 0 Å². The van der Waals surface area contributed by atoms with E-state index in [1.54, 1.807) is 0 Å². The summed E-state index contributed by atoms with van der Waals surface area (Å²) in [6.45, 7) is 7.26. The van der Waals surface area contributed by atoms with Crippen molar-refractivity contribution in [3.63, 3.8) is 0 Å². The lowest BCUT2D eigenvalue weighted by Crippen LogP contribution is -2.32. The van der Waals surface area contributed by atoms with Crippen molar-refractivity contribution < 1.29 is 0 Å². The summed E-state index contributed by atoms with van der Waals surface area (Å²) >= 11 is 5.83. The van der Waals surface area contributed by atoms with Gasteiger partial charge >= 0.3 is 0 Å². The van der Waals surface area contributed by atoms with Gasteiger partial charge in [-0.05, 0) is 82.5 Å². The second kappa shape index (κ2) is 9.84. The van der Waals surface area contributed by atoms with Gasteiger partial charge in [-0.3, -0.25) is 4.98 Å². The SMILES string of the molecule is Cc1cc([C@@H]2[C@H](c3ccccn3)NC(=S)N2CCCN(C)C)c(C)n1Cc1ccccc1. The molecule has 3 heterocycles. The van der Waals surface area contributed by atoms with Crippen LogP contribution in [-0.4, -0.2) is 51.6 Å². The fourth-order valence-electron chi connectivity index (χ4n) is 4.68. The first kappa shape index (κ1) is 22.5. The molecule has 0 spiro atoms. The highest BCUT2D eigenvalue weighted by molar-refractivity contribution is 7.80. The van der Waals surface area contributed by atoms with Gasteiger partial charge in [-0.1, -0.05) is 36.4 Å². The number of nitrogens with one attached hydrogen (secondary N) is 1. The lowest BCUT2D eigenvalue weighted by molar-refractivity contribution is 0.292. The summed E-state index contributed by atoms with van der Waals surface area (Å²) in [5.41, 5.74) is 6.23. The van der Waals surface area contributed by atoms with Crippen LogP contribution >= 0.6 is 12.2 Å². The molecule has 1 aliphatic rings. The van der Waals surface area contributed by atoms with Gasteiger partial charge in [0, 0.05) is 30.7 Å². The predicted molar refractivity (Wildman–Crippen MR) is 135 cm³/mol. The third kappa shape index (κ3) is 4.71. The van der Waals surface area contributed by atoms with Crippen LogP contribution in [0.3, 0.4) is 0 Å². The van der Waals surface area contributed by atoms with Crippen molar-refractivity contribution in [3.8, 4) is 0 Å². The molecule has 1 aromatic carbocycles. The highest BCUT2D eigenvalue weighted by Crippen LogP contribution is 2.41. The maximum Gasteiger partial charge on any atom is 0.170 e. The van der Waals surface area contributed by atoms with Crippen molar-refractivity contribution in [2.75, 3.05) is 27.2 Å². The first-order chi connectivity index (χ1) is 15.5. The topological polar surface area (TPSA) is 36.3 Å². The Labute approximate surface area is 197 Å². The minimum atomic E-state index is 0.0359. The molecule has 1 N–H and O–H groups in total. The standard InChI is InChI=1S/C26H33N5S/c1-19-17-22(20(2)31(19)18-21-11-6-5-7-12-21)25-24(23-13-8-9-14-27-23)28-26(32)30(25)16-10-15-29(3)4/h5-9,11-14,17,24-25H,10,15-16,18H2,1-4H3,(H,28,32)/t24-,25+/m0/s1. The van der Waals surface area contributed by atoms with Gasteiger partial charge in [0.15, 0.2) is 5.11 Å². The first-order valence-corrected chi connectivity index (χ1v) is 11.7. The lowest BCUT2D eigenvalue weighted by atomic mass is 9.96. The Bertz CT molecular complexity index is 1040. The molecule has 1 saturated heterocycles. The van der Waals surface area contributed by atoms with E-state index in [1.165, 1.54) is 22.5 Å². The second-order valence-electron chi connectivity index (χ2n) is 8.88. The Kier molecular flexibility index (Phi) is 6.92. The largest absolute Gasteiger partial charge is 0.352 e. The number of nitrogens with zero attached hydrogens (tertiary/aromatic N) is 4. The Morgan fingerprint density at radius 3 is 2.50 bits per heavy atom. The number of thiocarbonyl (C=S) groups is 1. The predicted octanol–water partition coefficient (Wildman–Crippen LogP) is 4.47. The molecule has 3 aromatic rings. The van der Waals surface area contributed by atoms with E-state index in [2.05, 4.69) is 101 Å². The van der Waals surface area contributed by atoms with Crippen LogP contribution < -0.4 is 5.32 Å². The van der Waals surface area contributed by atoms with E-state index in [0.717, 1.165) is 36.9 Å². The maximum atomic E-state index is 5.83. The first-order valence-electron chi connectivity index (χ1n) is 11.3. The van der Waals surface area contributed by atoms with Gasteiger partial charge < -0.3 is 19.7 Å². The molecular formula is C26H33N5S. The minimum absolute atomic E-state index is 0.0359. The van der Waals surface area contributed by atoms with E-state index in [-0.39, 0.29) is 12.1 Å². The fourth-order valence-corrected chi connectivity index (χ4v) is 5.01. The second-order valence-corrected chi connectivity index (χ2v) is 9.26. The summed E-state index contributed by atoms with van der Waals surface area (Å²) in [6.07, 6.45) is 2.92. The summed E-state index contributed by atoms with van der Waals surface area (Å²) in [5.74, 6) is 0. The highest BCUT2D eigenvalue weighted by Gasteiger charge is 2.41. The van der Waals surface area contributed by atoms with Crippen LogP contribution in [-0.2, 0) is 6.54 Å². The number of pyridine rings is 1. The number of aryl methyl sites for hydroxylation is 1. The van der Waals surface area contributed by atoms with Crippen molar-refractivity contribution in [2.24, 2.45) is 0 Å². The third-order valence-electron chi connectivity index (χ3n) is 6.32. The van der Waals surface area contributed by atoms with Crippen LogP contribution in [0.2, 0.25) is 0 Å². The molecule has 0 saturated carbocycles. The van der Waals surface area contributed by atoms with Crippen LogP contribution in [0.1, 0.15) is 46.7 Å². The Hall–Kier alpha value is -2.70. The van der Waals surface area contributed by atoms with Crippen LogP contribution in [0.5, 0.6) is 0 Å². The number of hydrogen-bond acceptors (Lipinski definition) is 3. The summed E-state index contributed by atoms with van der Waals surface area (Å²) < 4.78 is 2.42. The van der Waals surface area contributed by atoms with Crippen molar-refractivity contribution in [2.45, 2.75) is 38.9 Å². The van der Waals surface area contributed by atoms with Crippen LogP contribution in [0.25, 0.3) is 0 Å². The molecule has 2 atom stereocenters. The van der Waals surface area contributed by atoms with Gasteiger partial charge in [-0.2, -0.15) is 0 Å². The summed E-state index contributed by atoms with van der Waals surface area (Å²) in [5, 5.41) is 4.40. The van der Waals surface area contributed by atoms with Crippen LogP contribution in [0, 0.1) is 13.8 Å². The van der Waals surface area contributed by atoms with E-state index in [1.807, 2.05) is 12.3 Å². The van der Waals surface area contributed by atoms with Gasteiger partial charge in [0.1, 0.15) is 0 Å². The van der Waals surface area contributed by atoms with Gasteiger partial charge in [0.05, 0.1) is 17.8 Å². The Morgan fingerprint density at radius 1 is 1.06 bits per heavy atom. The van der Waals surface area contributed by atoms with E-state index in [0.29, 0.717) is 0 Å². The molecule has 0 aliphatic carbocycles. The van der Waals surface area contributed by atoms with Crippen molar-refractivity contribution in [1.82, 2.24) is 24.7 Å². The highest BCUT2D eigenvalue weighted by atomic mass is 32.1. The number of rotatable bonds is 8. The molecule has 6 heteroatoms. The fraction of sp³-hybridized carbons (Fsp3) is 0.385. The Morgan fingerprint density at radius 2 is 1.81 bits per heavy atom. The monoisotopic (exact) mass is 447 g/mol. The summed E-state index contributed by atoms with van der Waals surface area (Å²) in [4.78, 5) is 9.27. The van der Waals surface area contributed by atoms with E-state index in [9.17, 15) is 0 Å². The number of aromatic nitrogens is 2. The van der Waals surface area contributed by atoms with Gasteiger partial charge in [-0.15, -0.1) is 0 Å². The Balaban J connectivity index is 1.70. The summed E-state index contributed by atoms with van der Waals surface area (Å²) in [6, 6.07) is 19.3. The lowest BCUT2D eigenvalue weighted by Gasteiger charge is -2.28. The molecule has 0 bridgehead atoms. The number of benzene rings is 1. The average Bonchev–Trinajstić information content (AvgIpc) is 3.25. The smallest absolute Gasteiger partial charge is 0.170 e. The van der Waals surface area contributed by atoms with Gasteiger partial charge in [-0.25, -0.2) is 0 Å². The molecule has 4 rings (SSSR count). The molecule has 0 amide bonds. The zero-order valence-corrected chi connectivity index (χ0v) is 20.3. The third-order valence-corrected chi connectivity index (χ3v) is 6.67. The van der Waals surface area contributed by atoms with E-state index >= 15 is 0 Å².